The van der Waals surface area contributed by atoms with Crippen molar-refractivity contribution in [3.8, 4) is 0 Å². The molecule has 1 unspecified atom stereocenters. The molecule has 0 spiro atoms. The first kappa shape index (κ1) is 13.3. The van der Waals surface area contributed by atoms with Crippen molar-refractivity contribution < 1.29 is 27.8 Å². The highest BCUT2D eigenvalue weighted by Gasteiger charge is 2.31. The van der Waals surface area contributed by atoms with Crippen LogP contribution in [0.5, 0.6) is 0 Å². The maximum atomic E-state index is 12.5. The van der Waals surface area contributed by atoms with E-state index in [1.807, 2.05) is 0 Å². The molecule has 1 saturated heterocycles. The largest absolute Gasteiger partial charge is 0.416 e. The number of ether oxygens (including phenoxy) is 2. The number of aliphatic hydroxyl groups excluding tert-OH is 1. The number of aliphatic hydroxyl groups is 1. The van der Waals surface area contributed by atoms with Crippen LogP contribution in [0.2, 0.25) is 0 Å². The van der Waals surface area contributed by atoms with Crippen molar-refractivity contribution >= 4 is 0 Å². The topological polar surface area (TPSA) is 38.7 Å². The molecule has 1 aliphatic rings. The van der Waals surface area contributed by atoms with Crippen LogP contribution in [0, 0.1) is 0 Å². The summed E-state index contributed by atoms with van der Waals surface area (Å²) in [6, 6.07) is 4.64. The molecule has 18 heavy (non-hydrogen) atoms. The molecule has 1 fully saturated rings. The number of halogens is 3. The van der Waals surface area contributed by atoms with Crippen LogP contribution in [0.3, 0.4) is 0 Å². The van der Waals surface area contributed by atoms with Gasteiger partial charge < -0.3 is 14.6 Å². The van der Waals surface area contributed by atoms with E-state index in [2.05, 4.69) is 0 Å². The minimum atomic E-state index is -4.41. The average molecular weight is 262 g/mol. The number of alkyl halides is 3. The van der Waals surface area contributed by atoms with Crippen molar-refractivity contribution in [3.05, 3.63) is 35.4 Å². The van der Waals surface area contributed by atoms with Crippen LogP contribution < -0.4 is 0 Å². The number of hydrogen-bond donors (Lipinski definition) is 1. The summed E-state index contributed by atoms with van der Waals surface area (Å²) in [5.74, 6) is 0. The Morgan fingerprint density at radius 1 is 1.28 bits per heavy atom. The highest BCUT2D eigenvalue weighted by Crippen LogP contribution is 2.31. The summed E-state index contributed by atoms with van der Waals surface area (Å²) in [4.78, 5) is 0. The van der Waals surface area contributed by atoms with Crippen molar-refractivity contribution in [1.29, 1.82) is 0 Å². The molecule has 0 aliphatic carbocycles. The zero-order chi connectivity index (χ0) is 13.2. The molecule has 1 N–H and O–H groups in total. The second-order valence-corrected chi connectivity index (χ2v) is 4.05. The summed E-state index contributed by atoms with van der Waals surface area (Å²) in [7, 11) is 0. The van der Waals surface area contributed by atoms with Gasteiger partial charge in [-0.15, -0.1) is 0 Å². The minimum absolute atomic E-state index is 0.126. The van der Waals surface area contributed by atoms with Gasteiger partial charge in [0.2, 0.25) is 0 Å². The third-order valence-electron chi connectivity index (χ3n) is 2.71. The van der Waals surface area contributed by atoms with Gasteiger partial charge in [-0.3, -0.25) is 0 Å². The molecule has 1 aromatic carbocycles. The molecule has 2 rings (SSSR count). The van der Waals surface area contributed by atoms with Crippen molar-refractivity contribution in [2.24, 2.45) is 0 Å². The zero-order valence-corrected chi connectivity index (χ0v) is 9.48. The Hall–Kier alpha value is -1.11. The highest BCUT2D eigenvalue weighted by molar-refractivity contribution is 5.27. The highest BCUT2D eigenvalue weighted by atomic mass is 19.4. The van der Waals surface area contributed by atoms with E-state index in [9.17, 15) is 18.3 Å². The fraction of sp³-hybridized carbons (Fsp3) is 0.500. The smallest absolute Gasteiger partial charge is 0.388 e. The monoisotopic (exact) mass is 262 g/mol. The molecule has 3 nitrogen and oxygen atoms in total. The summed E-state index contributed by atoms with van der Waals surface area (Å²) >= 11 is 0. The van der Waals surface area contributed by atoms with Crippen LogP contribution in [0.4, 0.5) is 13.2 Å². The summed E-state index contributed by atoms with van der Waals surface area (Å²) in [5.41, 5.74) is -0.559. The van der Waals surface area contributed by atoms with E-state index in [4.69, 9.17) is 9.47 Å². The molecule has 1 heterocycles. The first-order chi connectivity index (χ1) is 8.47. The lowest BCUT2D eigenvalue weighted by Crippen LogP contribution is -2.14. The maximum absolute atomic E-state index is 12.5. The molecule has 1 aliphatic heterocycles. The first-order valence-corrected chi connectivity index (χ1v) is 5.55. The Morgan fingerprint density at radius 2 is 1.94 bits per heavy atom. The van der Waals surface area contributed by atoms with Crippen molar-refractivity contribution in [1.82, 2.24) is 0 Å². The molecule has 0 radical (unpaired) electrons. The molecule has 0 saturated carbocycles. The van der Waals surface area contributed by atoms with Gasteiger partial charge in [-0.2, -0.15) is 13.2 Å². The molecule has 0 bridgehead atoms. The number of benzene rings is 1. The molecule has 6 heteroatoms. The van der Waals surface area contributed by atoms with Gasteiger partial charge >= 0.3 is 6.18 Å². The van der Waals surface area contributed by atoms with Crippen molar-refractivity contribution in [2.75, 3.05) is 13.2 Å². The van der Waals surface area contributed by atoms with E-state index in [1.165, 1.54) is 12.1 Å². The van der Waals surface area contributed by atoms with Gasteiger partial charge in [0.05, 0.1) is 24.9 Å². The lowest BCUT2D eigenvalue weighted by atomic mass is 10.0. The van der Waals surface area contributed by atoms with Gasteiger partial charge in [0, 0.05) is 6.42 Å². The van der Waals surface area contributed by atoms with E-state index < -0.39 is 24.1 Å². The number of hydrogen-bond acceptors (Lipinski definition) is 3. The van der Waals surface area contributed by atoms with Crippen LogP contribution in [0.1, 0.15) is 23.7 Å². The molecule has 0 aromatic heterocycles. The summed E-state index contributed by atoms with van der Waals surface area (Å²) in [5, 5.41) is 9.84. The zero-order valence-electron chi connectivity index (χ0n) is 9.48. The van der Waals surface area contributed by atoms with Crippen molar-refractivity contribution in [2.45, 2.75) is 25.0 Å². The van der Waals surface area contributed by atoms with E-state index >= 15 is 0 Å². The van der Waals surface area contributed by atoms with E-state index in [-0.39, 0.29) is 12.0 Å². The third-order valence-corrected chi connectivity index (χ3v) is 2.71. The second-order valence-electron chi connectivity index (χ2n) is 4.05. The van der Waals surface area contributed by atoms with Gasteiger partial charge in [0.15, 0.2) is 6.29 Å². The Kier molecular flexibility index (Phi) is 3.89. The Bertz CT molecular complexity index is 400. The Labute approximate surface area is 102 Å². The van der Waals surface area contributed by atoms with E-state index in [1.54, 1.807) is 0 Å². The normalized spacial score (nSPS) is 19.1. The molecular weight excluding hydrogens is 249 g/mol. The van der Waals surface area contributed by atoms with Gasteiger partial charge in [0.1, 0.15) is 0 Å². The lowest BCUT2D eigenvalue weighted by Gasteiger charge is -2.16. The van der Waals surface area contributed by atoms with Gasteiger partial charge in [-0.05, 0) is 17.7 Å². The van der Waals surface area contributed by atoms with Crippen LogP contribution in [-0.4, -0.2) is 24.6 Å². The molecule has 100 valence electrons. The SMILES string of the molecule is OC(CC1OCCO1)c1cccc(C(F)(F)F)c1. The Morgan fingerprint density at radius 3 is 2.56 bits per heavy atom. The summed E-state index contributed by atoms with van der Waals surface area (Å²) in [6.45, 7) is 0.889. The van der Waals surface area contributed by atoms with Crippen LogP contribution in [0.15, 0.2) is 24.3 Å². The minimum Gasteiger partial charge on any atom is -0.388 e. The van der Waals surface area contributed by atoms with Crippen LogP contribution >= 0.6 is 0 Å². The first-order valence-electron chi connectivity index (χ1n) is 5.55. The lowest BCUT2D eigenvalue weighted by molar-refractivity contribution is -0.137. The second kappa shape index (κ2) is 5.26. The quantitative estimate of drug-likeness (QED) is 0.909. The van der Waals surface area contributed by atoms with Gasteiger partial charge in [-0.1, -0.05) is 12.1 Å². The Balaban J connectivity index is 2.07. The average Bonchev–Trinajstić information content (AvgIpc) is 2.81. The molecular formula is C12H13F3O3. The predicted octanol–water partition coefficient (Wildman–Crippen LogP) is 2.50. The standard InChI is InChI=1S/C12H13F3O3/c13-12(14,15)9-3-1-2-8(6-9)10(16)7-11-17-4-5-18-11/h1-3,6,10-11,16H,4-5,7H2. The molecule has 0 amide bonds. The van der Waals surface area contributed by atoms with Crippen LogP contribution in [0.25, 0.3) is 0 Å². The fourth-order valence-electron chi connectivity index (χ4n) is 1.78. The van der Waals surface area contributed by atoms with Crippen molar-refractivity contribution in [3.63, 3.8) is 0 Å². The summed E-state index contributed by atoms with van der Waals surface area (Å²) < 4.78 is 47.8. The maximum Gasteiger partial charge on any atom is 0.416 e. The van der Waals surface area contributed by atoms with Gasteiger partial charge in [0.25, 0.3) is 0 Å². The van der Waals surface area contributed by atoms with Gasteiger partial charge in [-0.25, -0.2) is 0 Å². The predicted molar refractivity (Wildman–Crippen MR) is 56.7 cm³/mol. The van der Waals surface area contributed by atoms with Crippen LogP contribution in [-0.2, 0) is 15.7 Å². The van der Waals surface area contributed by atoms with E-state index in [0.717, 1.165) is 12.1 Å². The molecule has 1 atom stereocenters. The number of rotatable bonds is 3. The molecule has 1 aromatic rings. The third kappa shape index (κ3) is 3.22. The fourth-order valence-corrected chi connectivity index (χ4v) is 1.78. The summed E-state index contributed by atoms with van der Waals surface area (Å²) in [6.07, 6.45) is -5.86. The van der Waals surface area contributed by atoms with E-state index in [0.29, 0.717) is 13.2 Å².